The lowest BCUT2D eigenvalue weighted by Gasteiger charge is -2.09. The maximum absolute atomic E-state index is 12.9. The third kappa shape index (κ3) is 4.47. The molecular formula is C18H18F3N3O3. The zero-order chi connectivity index (χ0) is 19.6. The van der Waals surface area contributed by atoms with Crippen molar-refractivity contribution >= 4 is 11.9 Å². The Morgan fingerprint density at radius 3 is 2.41 bits per heavy atom. The lowest BCUT2D eigenvalue weighted by Crippen LogP contribution is -2.28. The number of methoxy groups -OCH3 is 1. The lowest BCUT2D eigenvalue weighted by atomic mass is 10.1. The summed E-state index contributed by atoms with van der Waals surface area (Å²) in [7, 11) is 1.26. The molecule has 1 amide bonds. The minimum absolute atomic E-state index is 0.107. The van der Waals surface area contributed by atoms with E-state index < -0.39 is 17.8 Å². The van der Waals surface area contributed by atoms with Crippen molar-refractivity contribution in [3.63, 3.8) is 0 Å². The van der Waals surface area contributed by atoms with Crippen molar-refractivity contribution in [3.05, 3.63) is 52.8 Å². The number of carbonyl (C=O) groups is 2. The summed E-state index contributed by atoms with van der Waals surface area (Å²) >= 11 is 0. The van der Waals surface area contributed by atoms with Crippen LogP contribution in [0, 0.1) is 0 Å². The number of benzene rings is 1. The predicted octanol–water partition coefficient (Wildman–Crippen LogP) is 3.00. The van der Waals surface area contributed by atoms with Gasteiger partial charge in [0, 0.05) is 23.7 Å². The molecule has 0 bridgehead atoms. The molecule has 1 fully saturated rings. The van der Waals surface area contributed by atoms with Crippen molar-refractivity contribution in [2.45, 2.75) is 31.5 Å². The number of aromatic nitrogens is 2. The maximum atomic E-state index is 12.9. The Hall–Kier alpha value is -2.84. The van der Waals surface area contributed by atoms with Crippen molar-refractivity contribution in [3.8, 4) is 0 Å². The quantitative estimate of drug-likeness (QED) is 0.781. The van der Waals surface area contributed by atoms with E-state index in [1.807, 2.05) is 0 Å². The first-order chi connectivity index (χ1) is 12.8. The van der Waals surface area contributed by atoms with Crippen LogP contribution in [-0.2, 0) is 17.5 Å². The van der Waals surface area contributed by atoms with Gasteiger partial charge in [-0.25, -0.2) is 4.79 Å². The number of hydrogen-bond donors (Lipinski definition) is 1. The molecule has 9 heteroatoms. The van der Waals surface area contributed by atoms with Crippen LogP contribution < -0.4 is 5.32 Å². The van der Waals surface area contributed by atoms with E-state index in [1.165, 1.54) is 36.1 Å². The molecule has 3 rings (SSSR count). The highest BCUT2D eigenvalue weighted by Gasteiger charge is 2.37. The van der Waals surface area contributed by atoms with Gasteiger partial charge < -0.3 is 10.1 Å². The summed E-state index contributed by atoms with van der Waals surface area (Å²) in [6.45, 7) is 0.282. The molecule has 0 aliphatic heterocycles. The van der Waals surface area contributed by atoms with E-state index in [0.717, 1.165) is 18.9 Å². The first-order valence-electron chi connectivity index (χ1n) is 8.41. The lowest BCUT2D eigenvalue weighted by molar-refractivity contribution is -0.141. The van der Waals surface area contributed by atoms with Crippen molar-refractivity contribution in [2.24, 2.45) is 0 Å². The number of rotatable bonds is 6. The standard InChI is InChI=1S/C18H18F3N3O3/c1-27-17(26)13-6-4-12(5-7-13)16(25)22-8-9-24-14(11-2-3-11)10-15(23-24)18(19,20)21/h4-7,10-11H,2-3,8-9H2,1H3,(H,22,25). The van der Waals surface area contributed by atoms with Gasteiger partial charge in [0.2, 0.25) is 0 Å². The topological polar surface area (TPSA) is 73.2 Å². The van der Waals surface area contributed by atoms with Crippen LogP contribution in [0.2, 0.25) is 0 Å². The summed E-state index contributed by atoms with van der Waals surface area (Å²) in [6, 6.07) is 6.98. The highest BCUT2D eigenvalue weighted by Crippen LogP contribution is 2.42. The second kappa shape index (κ2) is 7.42. The van der Waals surface area contributed by atoms with E-state index in [-0.39, 0.29) is 24.9 Å². The van der Waals surface area contributed by atoms with Gasteiger partial charge in [0.05, 0.1) is 19.2 Å². The van der Waals surface area contributed by atoms with Gasteiger partial charge in [-0.1, -0.05) is 0 Å². The second-order valence-corrected chi connectivity index (χ2v) is 6.27. The van der Waals surface area contributed by atoms with Gasteiger partial charge in [-0.05, 0) is 43.2 Å². The van der Waals surface area contributed by atoms with Crippen LogP contribution in [0.15, 0.2) is 30.3 Å². The van der Waals surface area contributed by atoms with Crippen molar-refractivity contribution in [1.82, 2.24) is 15.1 Å². The summed E-state index contributed by atoms with van der Waals surface area (Å²) in [5.41, 5.74) is 0.300. The highest BCUT2D eigenvalue weighted by molar-refractivity contribution is 5.96. The van der Waals surface area contributed by atoms with Crippen molar-refractivity contribution in [2.75, 3.05) is 13.7 Å². The molecule has 0 saturated heterocycles. The van der Waals surface area contributed by atoms with Crippen LogP contribution in [0.5, 0.6) is 0 Å². The fraction of sp³-hybridized carbons (Fsp3) is 0.389. The summed E-state index contributed by atoms with van der Waals surface area (Å²) in [5.74, 6) is -0.786. The molecule has 1 aromatic carbocycles. The van der Waals surface area contributed by atoms with Crippen LogP contribution in [0.1, 0.15) is 50.9 Å². The molecule has 144 valence electrons. The van der Waals surface area contributed by atoms with Crippen LogP contribution in [0.25, 0.3) is 0 Å². The van der Waals surface area contributed by atoms with Crippen LogP contribution in [0.4, 0.5) is 13.2 Å². The molecule has 0 atom stereocenters. The Labute approximate surface area is 153 Å². The number of carbonyl (C=O) groups excluding carboxylic acids is 2. The van der Waals surface area contributed by atoms with Gasteiger partial charge >= 0.3 is 12.1 Å². The number of amides is 1. The van der Waals surface area contributed by atoms with E-state index in [0.29, 0.717) is 16.8 Å². The first kappa shape index (κ1) is 18.9. The zero-order valence-corrected chi connectivity index (χ0v) is 14.5. The second-order valence-electron chi connectivity index (χ2n) is 6.27. The molecular weight excluding hydrogens is 363 g/mol. The van der Waals surface area contributed by atoms with E-state index in [9.17, 15) is 22.8 Å². The Morgan fingerprint density at radius 1 is 1.22 bits per heavy atom. The number of hydrogen-bond acceptors (Lipinski definition) is 4. The molecule has 1 aliphatic carbocycles. The molecule has 1 heterocycles. The molecule has 0 radical (unpaired) electrons. The monoisotopic (exact) mass is 381 g/mol. The average molecular weight is 381 g/mol. The number of nitrogens with zero attached hydrogens (tertiary/aromatic N) is 2. The molecule has 1 aliphatic rings. The van der Waals surface area contributed by atoms with Crippen LogP contribution in [-0.4, -0.2) is 35.3 Å². The molecule has 1 aromatic heterocycles. The largest absolute Gasteiger partial charge is 0.465 e. The van der Waals surface area contributed by atoms with Gasteiger partial charge in [-0.3, -0.25) is 9.48 Å². The molecule has 0 unspecified atom stereocenters. The van der Waals surface area contributed by atoms with Gasteiger partial charge in [0.1, 0.15) is 0 Å². The van der Waals surface area contributed by atoms with E-state index in [4.69, 9.17) is 0 Å². The van der Waals surface area contributed by atoms with Gasteiger partial charge in [-0.2, -0.15) is 18.3 Å². The maximum Gasteiger partial charge on any atom is 0.435 e. The van der Waals surface area contributed by atoms with Crippen LogP contribution >= 0.6 is 0 Å². The third-order valence-corrected chi connectivity index (χ3v) is 4.27. The molecule has 6 nitrogen and oxygen atoms in total. The Kier molecular flexibility index (Phi) is 5.20. The molecule has 1 saturated carbocycles. The van der Waals surface area contributed by atoms with Crippen molar-refractivity contribution in [1.29, 1.82) is 0 Å². The van der Waals surface area contributed by atoms with Gasteiger partial charge in [0.15, 0.2) is 5.69 Å². The molecule has 0 spiro atoms. The highest BCUT2D eigenvalue weighted by atomic mass is 19.4. The fourth-order valence-corrected chi connectivity index (χ4v) is 2.71. The molecule has 27 heavy (non-hydrogen) atoms. The Bertz CT molecular complexity index is 840. The number of ether oxygens (including phenoxy) is 1. The average Bonchev–Trinajstić information content (AvgIpc) is 3.39. The van der Waals surface area contributed by atoms with Crippen LogP contribution in [0.3, 0.4) is 0 Å². The van der Waals surface area contributed by atoms with Gasteiger partial charge in [-0.15, -0.1) is 0 Å². The first-order valence-corrected chi connectivity index (χ1v) is 8.41. The Morgan fingerprint density at radius 2 is 1.85 bits per heavy atom. The third-order valence-electron chi connectivity index (χ3n) is 4.27. The number of esters is 1. The summed E-state index contributed by atoms with van der Waals surface area (Å²) in [6.07, 6.45) is -2.79. The summed E-state index contributed by atoms with van der Waals surface area (Å²) in [4.78, 5) is 23.5. The number of halogens is 3. The van der Waals surface area contributed by atoms with Gasteiger partial charge in [0.25, 0.3) is 5.91 Å². The predicted molar refractivity (Wildman–Crippen MR) is 89.3 cm³/mol. The number of alkyl halides is 3. The van der Waals surface area contributed by atoms with E-state index >= 15 is 0 Å². The summed E-state index contributed by atoms with van der Waals surface area (Å²) in [5, 5.41) is 6.29. The normalized spacial score (nSPS) is 14.1. The minimum atomic E-state index is -4.49. The summed E-state index contributed by atoms with van der Waals surface area (Å²) < 4.78 is 44.5. The van der Waals surface area contributed by atoms with E-state index in [2.05, 4.69) is 15.2 Å². The SMILES string of the molecule is COC(=O)c1ccc(C(=O)NCCn2nc(C(F)(F)F)cc2C2CC2)cc1. The minimum Gasteiger partial charge on any atom is -0.465 e. The fourth-order valence-electron chi connectivity index (χ4n) is 2.71. The molecule has 1 N–H and O–H groups in total. The number of nitrogens with one attached hydrogen (secondary N) is 1. The Balaban J connectivity index is 1.60. The smallest absolute Gasteiger partial charge is 0.435 e. The van der Waals surface area contributed by atoms with E-state index in [1.54, 1.807) is 0 Å². The zero-order valence-electron chi connectivity index (χ0n) is 14.5. The molecule has 2 aromatic rings. The van der Waals surface area contributed by atoms with Crippen molar-refractivity contribution < 1.29 is 27.5 Å².